The number of aliphatic imine (C=N–C) groups is 1. The van der Waals surface area contributed by atoms with Crippen molar-refractivity contribution >= 4 is 5.96 Å². The molecule has 8 heteroatoms. The van der Waals surface area contributed by atoms with Crippen LogP contribution in [-0.4, -0.2) is 45.0 Å². The van der Waals surface area contributed by atoms with E-state index in [2.05, 4.69) is 20.4 Å². The normalized spacial score (nSPS) is 18.2. The Bertz CT molecular complexity index is 541. The van der Waals surface area contributed by atoms with Crippen LogP contribution in [-0.2, 0) is 11.3 Å². The lowest BCUT2D eigenvalue weighted by atomic mass is 10.2. The van der Waals surface area contributed by atoms with Crippen molar-refractivity contribution in [1.29, 1.82) is 0 Å². The third-order valence-corrected chi connectivity index (χ3v) is 3.79. The SMILES string of the molecule is CN=C(NCCC1CCCO1)NCc1ccc(OCC(F)(F)F)cc1. The van der Waals surface area contributed by atoms with Gasteiger partial charge in [0, 0.05) is 26.7 Å². The summed E-state index contributed by atoms with van der Waals surface area (Å²) in [4.78, 5) is 4.15. The Morgan fingerprint density at radius 2 is 2.04 bits per heavy atom. The molecule has 1 aromatic rings. The molecule has 2 rings (SSSR count). The first kappa shape index (κ1) is 19.4. The Morgan fingerprint density at radius 1 is 1.28 bits per heavy atom. The summed E-state index contributed by atoms with van der Waals surface area (Å²) in [6.45, 7) is 0.847. The molecule has 1 aliphatic rings. The molecule has 0 saturated carbocycles. The third-order valence-electron chi connectivity index (χ3n) is 3.79. The minimum Gasteiger partial charge on any atom is -0.484 e. The van der Waals surface area contributed by atoms with E-state index in [-0.39, 0.29) is 5.75 Å². The Labute approximate surface area is 145 Å². The van der Waals surface area contributed by atoms with E-state index in [4.69, 9.17) is 4.74 Å². The van der Waals surface area contributed by atoms with Crippen LogP contribution in [0.3, 0.4) is 0 Å². The molecule has 0 radical (unpaired) electrons. The summed E-state index contributed by atoms with van der Waals surface area (Å²) in [5.74, 6) is 0.871. The summed E-state index contributed by atoms with van der Waals surface area (Å²) in [5.41, 5.74) is 0.918. The van der Waals surface area contributed by atoms with Crippen LogP contribution in [0.4, 0.5) is 13.2 Å². The highest BCUT2D eigenvalue weighted by Gasteiger charge is 2.28. The van der Waals surface area contributed by atoms with Crippen molar-refractivity contribution in [2.45, 2.75) is 38.1 Å². The van der Waals surface area contributed by atoms with Crippen molar-refractivity contribution in [3.05, 3.63) is 29.8 Å². The van der Waals surface area contributed by atoms with Gasteiger partial charge in [-0.25, -0.2) is 0 Å². The van der Waals surface area contributed by atoms with Gasteiger partial charge >= 0.3 is 6.18 Å². The zero-order valence-corrected chi connectivity index (χ0v) is 14.2. The van der Waals surface area contributed by atoms with Gasteiger partial charge in [0.1, 0.15) is 5.75 Å². The average Bonchev–Trinajstić information content (AvgIpc) is 3.10. The highest BCUT2D eigenvalue weighted by Crippen LogP contribution is 2.18. The molecular weight excluding hydrogens is 335 g/mol. The maximum Gasteiger partial charge on any atom is 0.422 e. The van der Waals surface area contributed by atoms with Crippen LogP contribution >= 0.6 is 0 Å². The number of rotatable bonds is 7. The standard InChI is InChI=1S/C17H24F3N3O2/c1-21-16(22-9-8-14-3-2-10-24-14)23-11-13-4-6-15(7-5-13)25-12-17(18,19)20/h4-7,14H,2-3,8-12H2,1H3,(H2,21,22,23). The molecular formula is C17H24F3N3O2. The lowest BCUT2D eigenvalue weighted by molar-refractivity contribution is -0.153. The molecule has 0 aliphatic carbocycles. The number of hydrogen-bond donors (Lipinski definition) is 2. The van der Waals surface area contributed by atoms with Crippen LogP contribution < -0.4 is 15.4 Å². The molecule has 1 fully saturated rings. The molecule has 1 unspecified atom stereocenters. The summed E-state index contributed by atoms with van der Waals surface area (Å²) in [7, 11) is 1.69. The van der Waals surface area contributed by atoms with Crippen LogP contribution in [0.15, 0.2) is 29.3 Å². The van der Waals surface area contributed by atoms with Gasteiger partial charge in [0.15, 0.2) is 12.6 Å². The van der Waals surface area contributed by atoms with Gasteiger partial charge in [0.05, 0.1) is 6.10 Å². The third kappa shape index (κ3) is 7.64. The monoisotopic (exact) mass is 359 g/mol. The molecule has 0 bridgehead atoms. The van der Waals surface area contributed by atoms with E-state index in [1.165, 1.54) is 12.1 Å². The fourth-order valence-electron chi connectivity index (χ4n) is 2.50. The molecule has 1 atom stereocenters. The number of nitrogens with zero attached hydrogens (tertiary/aromatic N) is 1. The van der Waals surface area contributed by atoms with E-state index < -0.39 is 12.8 Å². The van der Waals surface area contributed by atoms with Crippen LogP contribution in [0, 0.1) is 0 Å². The average molecular weight is 359 g/mol. The second-order valence-corrected chi connectivity index (χ2v) is 5.82. The van der Waals surface area contributed by atoms with Crippen molar-refractivity contribution in [3.8, 4) is 5.75 Å². The summed E-state index contributed by atoms with van der Waals surface area (Å²) in [5, 5.41) is 6.39. The second kappa shape index (κ2) is 9.50. The number of ether oxygens (including phenoxy) is 2. The van der Waals surface area contributed by atoms with Gasteiger partial charge in [-0.2, -0.15) is 13.2 Å². The summed E-state index contributed by atoms with van der Waals surface area (Å²) < 4.78 is 46.6. The van der Waals surface area contributed by atoms with E-state index >= 15 is 0 Å². The van der Waals surface area contributed by atoms with E-state index in [1.54, 1.807) is 19.2 Å². The minimum absolute atomic E-state index is 0.195. The van der Waals surface area contributed by atoms with Crippen molar-refractivity contribution in [2.24, 2.45) is 4.99 Å². The van der Waals surface area contributed by atoms with Gasteiger partial charge in [-0.05, 0) is 37.0 Å². The number of guanidine groups is 1. The topological polar surface area (TPSA) is 54.9 Å². The maximum absolute atomic E-state index is 12.1. The van der Waals surface area contributed by atoms with Gasteiger partial charge in [-0.1, -0.05) is 12.1 Å². The van der Waals surface area contributed by atoms with Crippen LogP contribution in [0.25, 0.3) is 0 Å². The first-order chi connectivity index (χ1) is 12.0. The molecule has 140 valence electrons. The number of hydrogen-bond acceptors (Lipinski definition) is 3. The maximum atomic E-state index is 12.1. The molecule has 5 nitrogen and oxygen atoms in total. The van der Waals surface area contributed by atoms with Crippen LogP contribution in [0.1, 0.15) is 24.8 Å². The predicted molar refractivity (Wildman–Crippen MR) is 89.8 cm³/mol. The summed E-state index contributed by atoms with van der Waals surface area (Å²) >= 11 is 0. The fourth-order valence-corrected chi connectivity index (χ4v) is 2.50. The number of halogens is 3. The lowest BCUT2D eigenvalue weighted by Crippen LogP contribution is -2.38. The van der Waals surface area contributed by atoms with Crippen molar-refractivity contribution in [1.82, 2.24) is 10.6 Å². The zero-order chi connectivity index (χ0) is 18.1. The molecule has 0 spiro atoms. The van der Waals surface area contributed by atoms with Gasteiger partial charge < -0.3 is 20.1 Å². The molecule has 1 aliphatic heterocycles. The molecule has 1 aromatic carbocycles. The minimum atomic E-state index is -4.33. The van der Waals surface area contributed by atoms with E-state index in [9.17, 15) is 13.2 Å². The Morgan fingerprint density at radius 3 is 2.64 bits per heavy atom. The summed E-state index contributed by atoms with van der Waals surface area (Å²) in [6, 6.07) is 6.49. The molecule has 2 N–H and O–H groups in total. The van der Waals surface area contributed by atoms with E-state index in [0.717, 1.165) is 38.0 Å². The zero-order valence-electron chi connectivity index (χ0n) is 14.2. The van der Waals surface area contributed by atoms with Crippen LogP contribution in [0.2, 0.25) is 0 Å². The fraction of sp³-hybridized carbons (Fsp3) is 0.588. The van der Waals surface area contributed by atoms with Gasteiger partial charge in [0.25, 0.3) is 0 Å². The number of benzene rings is 1. The Kier molecular flexibility index (Phi) is 7.36. The molecule has 0 amide bonds. The molecule has 25 heavy (non-hydrogen) atoms. The summed E-state index contributed by atoms with van der Waals surface area (Å²) in [6.07, 6.45) is -0.833. The van der Waals surface area contributed by atoms with Crippen molar-refractivity contribution in [3.63, 3.8) is 0 Å². The highest BCUT2D eigenvalue weighted by molar-refractivity contribution is 5.79. The molecule has 1 saturated heterocycles. The van der Waals surface area contributed by atoms with E-state index in [1.807, 2.05) is 0 Å². The number of alkyl halides is 3. The quantitative estimate of drug-likeness (QED) is 0.581. The first-order valence-electron chi connectivity index (χ1n) is 8.31. The van der Waals surface area contributed by atoms with Gasteiger partial charge in [-0.15, -0.1) is 0 Å². The van der Waals surface area contributed by atoms with Gasteiger partial charge in [0.2, 0.25) is 0 Å². The Balaban J connectivity index is 1.69. The Hall–Kier alpha value is -1.96. The van der Waals surface area contributed by atoms with Crippen molar-refractivity contribution in [2.75, 3.05) is 26.8 Å². The lowest BCUT2D eigenvalue weighted by Gasteiger charge is -2.14. The molecule has 1 heterocycles. The largest absolute Gasteiger partial charge is 0.484 e. The highest BCUT2D eigenvalue weighted by atomic mass is 19.4. The van der Waals surface area contributed by atoms with Crippen molar-refractivity contribution < 1.29 is 22.6 Å². The van der Waals surface area contributed by atoms with E-state index in [0.29, 0.717) is 18.6 Å². The number of nitrogens with one attached hydrogen (secondary N) is 2. The first-order valence-corrected chi connectivity index (χ1v) is 8.31. The predicted octanol–water partition coefficient (Wildman–Crippen LogP) is 2.86. The van der Waals surface area contributed by atoms with Crippen LogP contribution in [0.5, 0.6) is 5.75 Å². The molecule has 0 aromatic heterocycles. The second-order valence-electron chi connectivity index (χ2n) is 5.82. The van der Waals surface area contributed by atoms with Gasteiger partial charge in [-0.3, -0.25) is 4.99 Å². The smallest absolute Gasteiger partial charge is 0.422 e.